The molecule has 0 fully saturated rings. The van der Waals surface area contributed by atoms with Crippen molar-refractivity contribution in [1.82, 2.24) is 15.0 Å². The number of aryl methyl sites for hydroxylation is 1. The zero-order valence-electron chi connectivity index (χ0n) is 9.42. The summed E-state index contributed by atoms with van der Waals surface area (Å²) in [7, 11) is 1.79. The van der Waals surface area contributed by atoms with Crippen molar-refractivity contribution in [3.8, 4) is 11.3 Å². The molecule has 0 aliphatic heterocycles. The molecule has 0 aliphatic rings. The SMILES string of the molecule is Cn1cc(-c2ccccc2NC(=O)CN)nn1. The van der Waals surface area contributed by atoms with Crippen LogP contribution in [0.2, 0.25) is 0 Å². The van der Waals surface area contributed by atoms with Gasteiger partial charge >= 0.3 is 0 Å². The highest BCUT2D eigenvalue weighted by atomic mass is 16.1. The van der Waals surface area contributed by atoms with Gasteiger partial charge in [-0.25, -0.2) is 0 Å². The highest BCUT2D eigenvalue weighted by molar-refractivity contribution is 5.95. The van der Waals surface area contributed by atoms with Crippen molar-refractivity contribution in [3.05, 3.63) is 30.5 Å². The maximum atomic E-state index is 11.3. The molecule has 0 unspecified atom stereocenters. The lowest BCUT2D eigenvalue weighted by atomic mass is 10.1. The molecule has 0 atom stereocenters. The predicted octanol–water partition coefficient (Wildman–Crippen LogP) is 0.379. The van der Waals surface area contributed by atoms with Gasteiger partial charge < -0.3 is 11.1 Å². The Hall–Kier alpha value is -2.21. The molecule has 0 aliphatic carbocycles. The summed E-state index contributed by atoms with van der Waals surface area (Å²) in [5.41, 5.74) is 7.48. The number of anilines is 1. The second-order valence-corrected chi connectivity index (χ2v) is 3.58. The molecular weight excluding hydrogens is 218 g/mol. The summed E-state index contributed by atoms with van der Waals surface area (Å²) in [6.07, 6.45) is 1.79. The van der Waals surface area contributed by atoms with Gasteiger partial charge in [0.05, 0.1) is 18.4 Å². The Morgan fingerprint density at radius 2 is 2.24 bits per heavy atom. The summed E-state index contributed by atoms with van der Waals surface area (Å²) < 4.78 is 1.61. The van der Waals surface area contributed by atoms with E-state index in [1.165, 1.54) is 0 Å². The van der Waals surface area contributed by atoms with E-state index in [0.29, 0.717) is 11.4 Å². The molecule has 3 N–H and O–H groups in total. The Morgan fingerprint density at radius 3 is 2.88 bits per heavy atom. The summed E-state index contributed by atoms with van der Waals surface area (Å²) in [5.74, 6) is -0.235. The Bertz CT molecular complexity index is 534. The van der Waals surface area contributed by atoms with E-state index in [-0.39, 0.29) is 12.5 Å². The van der Waals surface area contributed by atoms with Gasteiger partial charge in [-0.2, -0.15) is 0 Å². The fourth-order valence-electron chi connectivity index (χ4n) is 1.49. The van der Waals surface area contributed by atoms with Crippen LogP contribution in [0.4, 0.5) is 5.69 Å². The average Bonchev–Trinajstić information content (AvgIpc) is 2.76. The molecule has 0 spiro atoms. The number of benzene rings is 1. The van der Waals surface area contributed by atoms with Gasteiger partial charge in [0, 0.05) is 12.6 Å². The molecule has 17 heavy (non-hydrogen) atoms. The minimum Gasteiger partial charge on any atom is -0.324 e. The quantitative estimate of drug-likeness (QED) is 0.799. The molecule has 6 nitrogen and oxygen atoms in total. The molecule has 88 valence electrons. The number of nitrogens with one attached hydrogen (secondary N) is 1. The summed E-state index contributed by atoms with van der Waals surface area (Å²) in [5, 5.41) is 10.6. The molecule has 1 amide bonds. The van der Waals surface area contributed by atoms with E-state index in [1.807, 2.05) is 18.2 Å². The second-order valence-electron chi connectivity index (χ2n) is 3.58. The van der Waals surface area contributed by atoms with Crippen LogP contribution >= 0.6 is 0 Å². The van der Waals surface area contributed by atoms with Crippen LogP contribution in [0.3, 0.4) is 0 Å². The van der Waals surface area contributed by atoms with Crippen LogP contribution in [0, 0.1) is 0 Å². The molecule has 0 bridgehead atoms. The number of rotatable bonds is 3. The Balaban J connectivity index is 2.37. The molecule has 0 saturated carbocycles. The monoisotopic (exact) mass is 231 g/mol. The van der Waals surface area contributed by atoms with Gasteiger partial charge in [0.1, 0.15) is 5.69 Å². The van der Waals surface area contributed by atoms with Gasteiger partial charge in [-0.15, -0.1) is 5.10 Å². The van der Waals surface area contributed by atoms with Gasteiger partial charge in [-0.3, -0.25) is 9.48 Å². The average molecular weight is 231 g/mol. The Labute approximate surface area is 98.4 Å². The first kappa shape index (κ1) is 11.3. The van der Waals surface area contributed by atoms with E-state index in [1.54, 1.807) is 24.0 Å². The second kappa shape index (κ2) is 4.75. The molecule has 1 heterocycles. The first-order valence-electron chi connectivity index (χ1n) is 5.16. The van der Waals surface area contributed by atoms with E-state index < -0.39 is 0 Å². The number of nitrogens with zero attached hydrogens (tertiary/aromatic N) is 3. The lowest BCUT2D eigenvalue weighted by Gasteiger charge is -2.07. The number of hydrogen-bond donors (Lipinski definition) is 2. The normalized spacial score (nSPS) is 10.2. The summed E-state index contributed by atoms with van der Waals surface area (Å²) >= 11 is 0. The molecule has 2 rings (SSSR count). The summed E-state index contributed by atoms with van der Waals surface area (Å²) in [6.45, 7) is -0.0468. The minimum absolute atomic E-state index is 0.0468. The van der Waals surface area contributed by atoms with E-state index in [4.69, 9.17) is 5.73 Å². The van der Waals surface area contributed by atoms with E-state index in [9.17, 15) is 4.79 Å². The summed E-state index contributed by atoms with van der Waals surface area (Å²) in [4.78, 5) is 11.3. The highest BCUT2D eigenvalue weighted by Crippen LogP contribution is 2.25. The number of hydrogen-bond acceptors (Lipinski definition) is 4. The topological polar surface area (TPSA) is 85.8 Å². The van der Waals surface area contributed by atoms with Crippen LogP contribution in [0.5, 0.6) is 0 Å². The van der Waals surface area contributed by atoms with Crippen LogP contribution < -0.4 is 11.1 Å². The van der Waals surface area contributed by atoms with Gasteiger partial charge in [0.2, 0.25) is 5.91 Å². The fourth-order valence-corrected chi connectivity index (χ4v) is 1.49. The van der Waals surface area contributed by atoms with Crippen LogP contribution in [0.15, 0.2) is 30.5 Å². The first-order chi connectivity index (χ1) is 8.20. The van der Waals surface area contributed by atoms with Crippen molar-refractivity contribution >= 4 is 11.6 Å². The fraction of sp³-hybridized carbons (Fsp3) is 0.182. The lowest BCUT2D eigenvalue weighted by molar-refractivity contribution is -0.114. The van der Waals surface area contributed by atoms with Crippen molar-refractivity contribution in [2.24, 2.45) is 12.8 Å². The van der Waals surface area contributed by atoms with Crippen LogP contribution in [-0.2, 0) is 11.8 Å². The van der Waals surface area contributed by atoms with Gasteiger partial charge in [0.25, 0.3) is 0 Å². The van der Waals surface area contributed by atoms with E-state index in [0.717, 1.165) is 5.56 Å². The van der Waals surface area contributed by atoms with Crippen LogP contribution in [-0.4, -0.2) is 27.4 Å². The maximum Gasteiger partial charge on any atom is 0.238 e. The summed E-state index contributed by atoms with van der Waals surface area (Å²) in [6, 6.07) is 7.39. The number of aromatic nitrogens is 3. The minimum atomic E-state index is -0.235. The molecule has 0 saturated heterocycles. The van der Waals surface area contributed by atoms with Crippen LogP contribution in [0.25, 0.3) is 11.3 Å². The maximum absolute atomic E-state index is 11.3. The molecule has 6 heteroatoms. The molecule has 0 radical (unpaired) electrons. The largest absolute Gasteiger partial charge is 0.324 e. The van der Waals surface area contributed by atoms with Gasteiger partial charge in [0.15, 0.2) is 0 Å². The van der Waals surface area contributed by atoms with Crippen LogP contribution in [0.1, 0.15) is 0 Å². The van der Waals surface area contributed by atoms with Crippen molar-refractivity contribution in [2.75, 3.05) is 11.9 Å². The number of carbonyl (C=O) groups excluding carboxylic acids is 1. The third kappa shape index (κ3) is 2.48. The van der Waals surface area contributed by atoms with Crippen molar-refractivity contribution in [3.63, 3.8) is 0 Å². The lowest BCUT2D eigenvalue weighted by Crippen LogP contribution is -2.22. The standard InChI is InChI=1S/C11H13N5O/c1-16-7-10(14-15-16)8-4-2-3-5-9(8)13-11(17)6-12/h2-5,7H,6,12H2,1H3,(H,13,17). The Kier molecular flexibility index (Phi) is 3.15. The van der Waals surface area contributed by atoms with Gasteiger partial charge in [-0.1, -0.05) is 23.4 Å². The third-order valence-corrected chi connectivity index (χ3v) is 2.27. The zero-order chi connectivity index (χ0) is 12.3. The molecule has 1 aromatic heterocycles. The van der Waals surface area contributed by atoms with Crippen molar-refractivity contribution < 1.29 is 4.79 Å². The van der Waals surface area contributed by atoms with Crippen molar-refractivity contribution in [2.45, 2.75) is 0 Å². The third-order valence-electron chi connectivity index (χ3n) is 2.27. The number of carbonyl (C=O) groups is 1. The Morgan fingerprint density at radius 1 is 1.47 bits per heavy atom. The molecule has 2 aromatic rings. The van der Waals surface area contributed by atoms with E-state index in [2.05, 4.69) is 15.6 Å². The first-order valence-corrected chi connectivity index (χ1v) is 5.16. The zero-order valence-corrected chi connectivity index (χ0v) is 9.42. The number of amides is 1. The molecule has 1 aromatic carbocycles. The smallest absolute Gasteiger partial charge is 0.238 e. The molecular formula is C11H13N5O. The van der Waals surface area contributed by atoms with Gasteiger partial charge in [-0.05, 0) is 6.07 Å². The number of nitrogens with two attached hydrogens (primary N) is 1. The van der Waals surface area contributed by atoms with Crippen molar-refractivity contribution in [1.29, 1.82) is 0 Å². The predicted molar refractivity (Wildman–Crippen MR) is 64.1 cm³/mol. The van der Waals surface area contributed by atoms with E-state index >= 15 is 0 Å². The highest BCUT2D eigenvalue weighted by Gasteiger charge is 2.09. The number of para-hydroxylation sites is 1.